The molecule has 0 unspecified atom stereocenters. The van der Waals surface area contributed by atoms with E-state index in [0.717, 1.165) is 38.3 Å². The molecule has 0 amide bonds. The van der Waals surface area contributed by atoms with Crippen LogP contribution in [0, 0.1) is 0 Å². The van der Waals surface area contributed by atoms with Gasteiger partial charge in [0.15, 0.2) is 0 Å². The molecule has 4 heteroatoms. The number of rotatable bonds is 5. The standard InChI is InChI=1S/C16H21N3O/c1-3-14(4-2-6-19-7-9-20-10-8-19)11-15(5-1)16-12-17-18-13-16/h1,3,5,11-13H,2,4,6-10H2,(H,17,18). The van der Waals surface area contributed by atoms with Crippen LogP contribution in [0.5, 0.6) is 0 Å². The summed E-state index contributed by atoms with van der Waals surface area (Å²) in [4.78, 5) is 2.49. The number of H-pyrrole nitrogens is 1. The maximum Gasteiger partial charge on any atom is 0.0594 e. The number of morpholine rings is 1. The fourth-order valence-corrected chi connectivity index (χ4v) is 2.65. The zero-order valence-electron chi connectivity index (χ0n) is 11.7. The molecule has 3 rings (SSSR count). The Kier molecular flexibility index (Phi) is 4.46. The maximum atomic E-state index is 5.37. The summed E-state index contributed by atoms with van der Waals surface area (Å²) in [6.07, 6.45) is 6.14. The Hall–Kier alpha value is -1.65. The molecular weight excluding hydrogens is 250 g/mol. The number of aromatic nitrogens is 2. The molecule has 1 aromatic carbocycles. The zero-order valence-corrected chi connectivity index (χ0v) is 11.7. The lowest BCUT2D eigenvalue weighted by Gasteiger charge is -2.26. The molecule has 4 nitrogen and oxygen atoms in total. The highest BCUT2D eigenvalue weighted by Crippen LogP contribution is 2.19. The molecule has 1 N–H and O–H groups in total. The van der Waals surface area contributed by atoms with Crippen LogP contribution >= 0.6 is 0 Å². The Morgan fingerprint density at radius 3 is 2.90 bits per heavy atom. The van der Waals surface area contributed by atoms with Gasteiger partial charge in [-0.15, -0.1) is 0 Å². The first-order valence-corrected chi connectivity index (χ1v) is 7.30. The lowest BCUT2D eigenvalue weighted by Crippen LogP contribution is -2.36. The van der Waals surface area contributed by atoms with E-state index in [1.165, 1.54) is 24.1 Å². The van der Waals surface area contributed by atoms with Gasteiger partial charge in [-0.3, -0.25) is 10.00 Å². The van der Waals surface area contributed by atoms with Gasteiger partial charge in [0.25, 0.3) is 0 Å². The van der Waals surface area contributed by atoms with Crippen molar-refractivity contribution in [2.24, 2.45) is 0 Å². The Morgan fingerprint density at radius 2 is 2.10 bits per heavy atom. The van der Waals surface area contributed by atoms with E-state index in [1.54, 1.807) is 0 Å². The minimum atomic E-state index is 0.885. The van der Waals surface area contributed by atoms with Crippen LogP contribution in [0.15, 0.2) is 36.7 Å². The molecule has 2 aromatic rings. The van der Waals surface area contributed by atoms with Crippen LogP contribution in [0.1, 0.15) is 12.0 Å². The van der Waals surface area contributed by atoms with E-state index in [-0.39, 0.29) is 0 Å². The van der Waals surface area contributed by atoms with E-state index in [4.69, 9.17) is 4.74 Å². The van der Waals surface area contributed by atoms with Gasteiger partial charge >= 0.3 is 0 Å². The predicted octanol–water partition coefficient (Wildman–Crippen LogP) is 2.34. The van der Waals surface area contributed by atoms with Crippen LogP contribution < -0.4 is 0 Å². The summed E-state index contributed by atoms with van der Waals surface area (Å²) in [5, 5.41) is 6.87. The molecule has 0 radical (unpaired) electrons. The summed E-state index contributed by atoms with van der Waals surface area (Å²) >= 11 is 0. The summed E-state index contributed by atoms with van der Waals surface area (Å²) in [6, 6.07) is 8.75. The molecule has 1 aliphatic rings. The lowest BCUT2D eigenvalue weighted by atomic mass is 10.0. The normalized spacial score (nSPS) is 16.4. The third-order valence-corrected chi connectivity index (χ3v) is 3.80. The average molecular weight is 271 g/mol. The molecule has 0 atom stereocenters. The molecule has 0 bridgehead atoms. The molecule has 0 saturated carbocycles. The molecule has 1 aromatic heterocycles. The first-order chi connectivity index (χ1) is 9.92. The number of nitrogens with one attached hydrogen (secondary N) is 1. The second kappa shape index (κ2) is 6.68. The van der Waals surface area contributed by atoms with E-state index in [9.17, 15) is 0 Å². The lowest BCUT2D eigenvalue weighted by molar-refractivity contribution is 0.0375. The average Bonchev–Trinajstić information content (AvgIpc) is 3.03. The third kappa shape index (κ3) is 3.46. The summed E-state index contributed by atoms with van der Waals surface area (Å²) in [7, 11) is 0. The van der Waals surface area contributed by atoms with Crippen molar-refractivity contribution in [2.75, 3.05) is 32.8 Å². The maximum absolute atomic E-state index is 5.37. The van der Waals surface area contributed by atoms with Gasteiger partial charge in [-0.25, -0.2) is 0 Å². The van der Waals surface area contributed by atoms with Crippen molar-refractivity contribution in [3.8, 4) is 11.1 Å². The Labute approximate surface area is 119 Å². The van der Waals surface area contributed by atoms with Crippen molar-refractivity contribution in [3.63, 3.8) is 0 Å². The van der Waals surface area contributed by atoms with E-state index < -0.39 is 0 Å². The number of aryl methyl sites for hydroxylation is 1. The summed E-state index contributed by atoms with van der Waals surface area (Å²) in [5.74, 6) is 0. The minimum absolute atomic E-state index is 0.885. The van der Waals surface area contributed by atoms with Gasteiger partial charge in [0, 0.05) is 24.8 Å². The Morgan fingerprint density at radius 1 is 1.20 bits per heavy atom. The fourth-order valence-electron chi connectivity index (χ4n) is 2.65. The van der Waals surface area contributed by atoms with Gasteiger partial charge in [-0.05, 0) is 30.5 Å². The van der Waals surface area contributed by atoms with Gasteiger partial charge in [0.2, 0.25) is 0 Å². The second-order valence-corrected chi connectivity index (χ2v) is 5.24. The number of ether oxygens (including phenoxy) is 1. The largest absolute Gasteiger partial charge is 0.379 e. The van der Waals surface area contributed by atoms with Crippen molar-refractivity contribution in [1.82, 2.24) is 15.1 Å². The van der Waals surface area contributed by atoms with Crippen molar-refractivity contribution in [3.05, 3.63) is 42.2 Å². The molecule has 106 valence electrons. The van der Waals surface area contributed by atoms with Crippen molar-refractivity contribution < 1.29 is 4.74 Å². The number of benzene rings is 1. The highest BCUT2D eigenvalue weighted by molar-refractivity contribution is 5.62. The van der Waals surface area contributed by atoms with Crippen molar-refractivity contribution in [2.45, 2.75) is 12.8 Å². The first kappa shape index (κ1) is 13.3. The first-order valence-electron chi connectivity index (χ1n) is 7.30. The van der Waals surface area contributed by atoms with Crippen LogP contribution in [-0.2, 0) is 11.2 Å². The van der Waals surface area contributed by atoms with Gasteiger partial charge in [-0.2, -0.15) is 5.10 Å². The Bertz CT molecular complexity index is 518. The third-order valence-electron chi connectivity index (χ3n) is 3.80. The second-order valence-electron chi connectivity index (χ2n) is 5.24. The molecular formula is C16H21N3O. The summed E-state index contributed by atoms with van der Waals surface area (Å²) < 4.78 is 5.37. The van der Waals surface area contributed by atoms with Gasteiger partial charge in [0.05, 0.1) is 19.4 Å². The van der Waals surface area contributed by atoms with Crippen LogP contribution in [0.3, 0.4) is 0 Å². The number of hydrogen-bond donors (Lipinski definition) is 1. The quantitative estimate of drug-likeness (QED) is 0.907. The van der Waals surface area contributed by atoms with Crippen molar-refractivity contribution in [1.29, 1.82) is 0 Å². The van der Waals surface area contributed by atoms with E-state index >= 15 is 0 Å². The SMILES string of the molecule is c1cc(CCCN2CCOCC2)cc(-c2cn[nH]c2)c1. The topological polar surface area (TPSA) is 41.1 Å². The molecule has 20 heavy (non-hydrogen) atoms. The van der Waals surface area contributed by atoms with E-state index in [2.05, 4.69) is 39.4 Å². The van der Waals surface area contributed by atoms with Crippen LogP contribution in [0.2, 0.25) is 0 Å². The molecule has 0 aliphatic carbocycles. The van der Waals surface area contributed by atoms with Gasteiger partial charge < -0.3 is 4.74 Å². The number of nitrogens with zero attached hydrogens (tertiary/aromatic N) is 2. The summed E-state index contributed by atoms with van der Waals surface area (Å²) in [6.45, 7) is 5.09. The van der Waals surface area contributed by atoms with Crippen LogP contribution in [0.25, 0.3) is 11.1 Å². The summed E-state index contributed by atoms with van der Waals surface area (Å²) in [5.41, 5.74) is 3.79. The van der Waals surface area contributed by atoms with E-state index in [0.29, 0.717) is 0 Å². The smallest absolute Gasteiger partial charge is 0.0594 e. The molecule has 1 aliphatic heterocycles. The Balaban J connectivity index is 1.53. The highest BCUT2D eigenvalue weighted by Gasteiger charge is 2.09. The minimum Gasteiger partial charge on any atom is -0.379 e. The number of aromatic amines is 1. The van der Waals surface area contributed by atoms with Crippen LogP contribution in [-0.4, -0.2) is 47.9 Å². The van der Waals surface area contributed by atoms with Crippen molar-refractivity contribution >= 4 is 0 Å². The zero-order chi connectivity index (χ0) is 13.6. The molecule has 2 heterocycles. The molecule has 1 saturated heterocycles. The fraction of sp³-hybridized carbons (Fsp3) is 0.438. The van der Waals surface area contributed by atoms with Gasteiger partial charge in [-0.1, -0.05) is 24.3 Å². The molecule has 0 spiro atoms. The monoisotopic (exact) mass is 271 g/mol. The van der Waals surface area contributed by atoms with E-state index in [1.807, 2.05) is 12.4 Å². The number of hydrogen-bond acceptors (Lipinski definition) is 3. The van der Waals surface area contributed by atoms with Gasteiger partial charge in [0.1, 0.15) is 0 Å². The molecule has 1 fully saturated rings. The van der Waals surface area contributed by atoms with Crippen LogP contribution in [0.4, 0.5) is 0 Å². The predicted molar refractivity (Wildman–Crippen MR) is 79.6 cm³/mol. The highest BCUT2D eigenvalue weighted by atomic mass is 16.5.